The van der Waals surface area contributed by atoms with Gasteiger partial charge in [-0.3, -0.25) is 0 Å². The molecule has 0 unspecified atom stereocenters. The maximum Gasteiger partial charge on any atom is 0.293 e. The number of nitrogens with zero attached hydrogens (tertiary/aromatic N) is 1. The molecule has 0 bridgehead atoms. The Labute approximate surface area is 108 Å². The first-order valence-electron chi connectivity index (χ1n) is 4.69. The first-order valence-corrected chi connectivity index (χ1v) is 7.39. The fraction of sp³-hybridized carbons (Fsp3) is 0. The van der Waals surface area contributed by atoms with Crippen LogP contribution in [0, 0.1) is 0 Å². The summed E-state index contributed by atoms with van der Waals surface area (Å²) in [6.07, 6.45) is 0. The van der Waals surface area contributed by atoms with Gasteiger partial charge in [0.05, 0.1) is 0 Å². The molecule has 3 nitrogen and oxygen atoms in total. The second-order valence-electron chi connectivity index (χ2n) is 3.16. The van der Waals surface area contributed by atoms with Gasteiger partial charge >= 0.3 is 0 Å². The molecule has 0 amide bonds. The number of halogens is 1. The second-order valence-corrected chi connectivity index (χ2v) is 6.29. The van der Waals surface area contributed by atoms with Gasteiger partial charge in [-0.1, -0.05) is 48.0 Å². The van der Waals surface area contributed by atoms with Gasteiger partial charge in [0.25, 0.3) is 10.0 Å². The number of rotatable bonds is 3. The molecule has 0 fully saturated rings. The molecule has 2 rings (SSSR count). The number of hydrogen-bond acceptors (Lipinski definition) is 3. The summed E-state index contributed by atoms with van der Waals surface area (Å²) in [5.74, 6) is 0. The Morgan fingerprint density at radius 3 is 2.41 bits per heavy atom. The molecule has 88 valence electrons. The minimum Gasteiger partial charge on any atom is -0.198 e. The largest absolute Gasteiger partial charge is 0.293 e. The number of sulfonamides is 1. The zero-order valence-corrected chi connectivity index (χ0v) is 11.0. The van der Waals surface area contributed by atoms with Crippen LogP contribution in [-0.4, -0.2) is 13.6 Å². The van der Waals surface area contributed by atoms with E-state index in [0.29, 0.717) is 5.56 Å². The van der Waals surface area contributed by atoms with E-state index in [0.717, 1.165) is 11.3 Å². The normalized spacial score (nSPS) is 12.6. The summed E-state index contributed by atoms with van der Waals surface area (Å²) < 4.78 is 27.4. The van der Waals surface area contributed by atoms with Crippen molar-refractivity contribution in [3.05, 3.63) is 53.4 Å². The molecule has 0 aliphatic heterocycles. The summed E-state index contributed by atoms with van der Waals surface area (Å²) in [6.45, 7) is 0. The van der Waals surface area contributed by atoms with Crippen LogP contribution in [0.5, 0.6) is 0 Å². The van der Waals surface area contributed by atoms with E-state index in [1.165, 1.54) is 6.07 Å². The third-order valence-corrected chi connectivity index (χ3v) is 5.01. The van der Waals surface area contributed by atoms with Crippen molar-refractivity contribution in [1.82, 2.24) is 0 Å². The molecule has 1 heterocycles. The zero-order chi connectivity index (χ0) is 12.3. The Morgan fingerprint density at radius 2 is 1.82 bits per heavy atom. The van der Waals surface area contributed by atoms with Gasteiger partial charge < -0.3 is 0 Å². The monoisotopic (exact) mass is 285 g/mol. The lowest BCUT2D eigenvalue weighted by Crippen LogP contribution is -1.99. The van der Waals surface area contributed by atoms with Crippen molar-refractivity contribution >= 4 is 38.1 Å². The van der Waals surface area contributed by atoms with Crippen LogP contribution in [-0.2, 0) is 10.0 Å². The summed E-state index contributed by atoms with van der Waals surface area (Å²) >= 11 is 7.00. The Morgan fingerprint density at radius 1 is 1.12 bits per heavy atom. The molecular weight excluding hydrogens is 278 g/mol. The molecule has 1 aromatic carbocycles. The van der Waals surface area contributed by atoms with E-state index in [9.17, 15) is 8.42 Å². The van der Waals surface area contributed by atoms with E-state index in [4.69, 9.17) is 11.6 Å². The first-order chi connectivity index (χ1) is 8.09. The average molecular weight is 286 g/mol. The van der Waals surface area contributed by atoms with Gasteiger partial charge in [0.2, 0.25) is 0 Å². The lowest BCUT2D eigenvalue weighted by atomic mass is 10.2. The van der Waals surface area contributed by atoms with Crippen molar-refractivity contribution in [3.63, 3.8) is 0 Å². The van der Waals surface area contributed by atoms with E-state index in [1.54, 1.807) is 35.7 Å². The van der Waals surface area contributed by atoms with Crippen LogP contribution in [0.3, 0.4) is 0 Å². The molecule has 0 atom stereocenters. The van der Waals surface area contributed by atoms with Gasteiger partial charge in [0.1, 0.15) is 9.38 Å². The summed E-state index contributed by atoms with van der Waals surface area (Å²) in [5, 5.41) is 1.65. The molecule has 1 aromatic heterocycles. The quantitative estimate of drug-likeness (QED) is 0.814. The molecule has 0 N–H and O–H groups in total. The number of hydrogen-bond donors (Lipinski definition) is 0. The van der Waals surface area contributed by atoms with Gasteiger partial charge in [0, 0.05) is 5.56 Å². The fourth-order valence-corrected chi connectivity index (χ4v) is 3.46. The molecule has 0 aliphatic rings. The summed E-state index contributed by atoms with van der Waals surface area (Å²) in [4.78, 5) is 0. The minimum absolute atomic E-state index is 0.0287. The molecule has 6 heteroatoms. The molecule has 0 saturated carbocycles. The summed E-state index contributed by atoms with van der Waals surface area (Å²) in [6, 6.07) is 11.9. The molecule has 0 radical (unpaired) electrons. The van der Waals surface area contributed by atoms with E-state index in [1.807, 2.05) is 6.07 Å². The molecule has 0 spiro atoms. The zero-order valence-electron chi connectivity index (χ0n) is 8.58. The highest BCUT2D eigenvalue weighted by Crippen LogP contribution is 2.20. The third-order valence-electron chi connectivity index (χ3n) is 1.96. The van der Waals surface area contributed by atoms with Crippen LogP contribution in [0.4, 0.5) is 0 Å². The molecule has 0 aliphatic carbocycles. The number of thiophene rings is 1. The third kappa shape index (κ3) is 2.94. The van der Waals surface area contributed by atoms with E-state index < -0.39 is 10.0 Å². The van der Waals surface area contributed by atoms with Crippen LogP contribution in [0.2, 0.25) is 0 Å². The van der Waals surface area contributed by atoms with Gasteiger partial charge in [0.15, 0.2) is 0 Å². The van der Waals surface area contributed by atoms with Crippen molar-refractivity contribution in [3.8, 4) is 0 Å². The highest BCUT2D eigenvalue weighted by atomic mass is 35.5. The summed E-state index contributed by atoms with van der Waals surface area (Å²) in [7, 11) is -3.69. The van der Waals surface area contributed by atoms with Gasteiger partial charge in [-0.05, 0) is 11.4 Å². The maximum atomic E-state index is 11.8. The Hall–Kier alpha value is -1.17. The average Bonchev–Trinajstić information content (AvgIpc) is 2.84. The molecule has 2 aromatic rings. The van der Waals surface area contributed by atoms with Crippen molar-refractivity contribution < 1.29 is 8.42 Å². The van der Waals surface area contributed by atoms with Crippen molar-refractivity contribution in [2.75, 3.05) is 0 Å². The van der Waals surface area contributed by atoms with E-state index in [-0.39, 0.29) is 9.38 Å². The van der Waals surface area contributed by atoms with Gasteiger partial charge in [-0.2, -0.15) is 8.42 Å². The standard InChI is InChI=1S/C11H8ClNO2S2/c12-11(9-5-2-1-3-6-9)13-17(14,15)10-7-4-8-16-10/h1-8H/b13-11+. The highest BCUT2D eigenvalue weighted by Gasteiger charge is 2.15. The topological polar surface area (TPSA) is 46.5 Å². The Balaban J connectivity index is 2.38. The number of benzene rings is 1. The first kappa shape index (κ1) is 12.3. The lowest BCUT2D eigenvalue weighted by Gasteiger charge is -1.98. The predicted molar refractivity (Wildman–Crippen MR) is 70.3 cm³/mol. The van der Waals surface area contributed by atoms with Crippen LogP contribution in [0.1, 0.15) is 5.56 Å². The molecular formula is C11H8ClNO2S2. The van der Waals surface area contributed by atoms with Crippen molar-refractivity contribution in [1.29, 1.82) is 0 Å². The summed E-state index contributed by atoms with van der Waals surface area (Å²) in [5.41, 5.74) is 0.578. The van der Waals surface area contributed by atoms with Crippen molar-refractivity contribution in [2.24, 2.45) is 4.40 Å². The fourth-order valence-electron chi connectivity index (χ4n) is 1.19. The van der Waals surface area contributed by atoms with Crippen LogP contribution >= 0.6 is 22.9 Å². The van der Waals surface area contributed by atoms with Crippen LogP contribution < -0.4 is 0 Å². The molecule has 17 heavy (non-hydrogen) atoms. The minimum atomic E-state index is -3.69. The van der Waals surface area contributed by atoms with Crippen molar-refractivity contribution in [2.45, 2.75) is 4.21 Å². The van der Waals surface area contributed by atoms with Crippen LogP contribution in [0.25, 0.3) is 0 Å². The smallest absolute Gasteiger partial charge is 0.198 e. The van der Waals surface area contributed by atoms with Gasteiger partial charge in [-0.15, -0.1) is 15.7 Å². The Bertz CT molecular complexity index is 619. The van der Waals surface area contributed by atoms with E-state index in [2.05, 4.69) is 4.40 Å². The maximum absolute atomic E-state index is 11.8. The highest BCUT2D eigenvalue weighted by molar-refractivity contribution is 7.92. The lowest BCUT2D eigenvalue weighted by molar-refractivity contribution is 0.600. The Kier molecular flexibility index (Phi) is 3.61. The van der Waals surface area contributed by atoms with E-state index >= 15 is 0 Å². The second kappa shape index (κ2) is 5.00. The van der Waals surface area contributed by atoms with Gasteiger partial charge in [-0.25, -0.2) is 0 Å². The predicted octanol–water partition coefficient (Wildman–Crippen LogP) is 3.12. The molecule has 0 saturated heterocycles. The van der Waals surface area contributed by atoms with Crippen LogP contribution in [0.15, 0.2) is 56.5 Å². The SMILES string of the molecule is O=S(=O)(/N=C(/Cl)c1ccccc1)c1cccs1.